The van der Waals surface area contributed by atoms with E-state index < -0.39 is 29.5 Å². The molecule has 3 heterocycles. The lowest BCUT2D eigenvalue weighted by Crippen LogP contribution is -3.14. The first-order valence-electron chi connectivity index (χ1n) is 12.5. The third-order valence-corrected chi connectivity index (χ3v) is 7.24. The number of amides is 1. The Morgan fingerprint density at radius 2 is 1.81 bits per heavy atom. The van der Waals surface area contributed by atoms with Crippen molar-refractivity contribution >= 4 is 23.4 Å². The largest absolute Gasteiger partial charge is 0.872 e. The number of fused-ring (bicyclic) bond motifs is 1. The number of quaternary nitrogens is 1. The fourth-order valence-electron chi connectivity index (χ4n) is 5.27. The predicted molar refractivity (Wildman–Crippen MR) is 131 cm³/mol. The van der Waals surface area contributed by atoms with Crippen LogP contribution in [0.4, 0.5) is 0 Å². The third-order valence-electron chi connectivity index (χ3n) is 7.24. The molecule has 9 heteroatoms. The van der Waals surface area contributed by atoms with Crippen LogP contribution in [0.2, 0.25) is 0 Å². The zero-order valence-electron chi connectivity index (χ0n) is 21.0. The molecular weight excluding hydrogens is 476 g/mol. The Bertz CT molecular complexity index is 1250. The predicted octanol–water partition coefficient (Wildman–Crippen LogP) is -0.0643. The molecule has 2 aromatic carbocycles. The average molecular weight is 507 g/mol. The van der Waals surface area contributed by atoms with Crippen molar-refractivity contribution in [3.05, 3.63) is 70.3 Å². The van der Waals surface area contributed by atoms with Gasteiger partial charge in [-0.15, -0.1) is 0 Å². The fourth-order valence-corrected chi connectivity index (χ4v) is 5.27. The van der Waals surface area contributed by atoms with E-state index in [1.54, 1.807) is 42.5 Å². The molecule has 1 N–H and O–H groups in total. The summed E-state index contributed by atoms with van der Waals surface area (Å²) in [6, 6.07) is 10.8. The number of ketones is 1. The van der Waals surface area contributed by atoms with Gasteiger partial charge in [-0.3, -0.25) is 9.59 Å². The van der Waals surface area contributed by atoms with Gasteiger partial charge < -0.3 is 29.1 Å². The zero-order chi connectivity index (χ0) is 26.1. The monoisotopic (exact) mass is 506 g/mol. The summed E-state index contributed by atoms with van der Waals surface area (Å²) in [4.78, 5) is 41.2. The number of ether oxygens (including phenoxy) is 3. The summed E-state index contributed by atoms with van der Waals surface area (Å²) in [5, 5.41) is 13.8. The van der Waals surface area contributed by atoms with Gasteiger partial charge in [-0.1, -0.05) is 24.0 Å². The van der Waals surface area contributed by atoms with Gasteiger partial charge in [-0.05, 0) is 47.9 Å². The van der Waals surface area contributed by atoms with Crippen LogP contribution in [-0.4, -0.2) is 75.2 Å². The number of Topliss-reactive ketones (excluding diaryl/α,β-unsaturated/α-hetero) is 1. The van der Waals surface area contributed by atoms with E-state index in [0.717, 1.165) is 24.4 Å². The standard InChI is InChI=1S/C28H30N2O7/c1-17-15-21-16-20(7-8-22(21)37-17)25(31)23-24(18-3-5-19(6-4-18)28(34)35-2)30(27(33)26(23)32)10-9-29-11-13-36-14-12-29/h3-8,16-17,24,31H,9-15H2,1-2H3. The van der Waals surface area contributed by atoms with Gasteiger partial charge in [-0.2, -0.15) is 0 Å². The number of morpholine rings is 1. The topological polar surface area (TPSA) is 110 Å². The number of carbonyl (C=O) groups excluding carboxylic acids is 3. The molecule has 5 rings (SSSR count). The summed E-state index contributed by atoms with van der Waals surface area (Å²) in [6.45, 7) is 5.84. The van der Waals surface area contributed by atoms with E-state index in [-0.39, 0.29) is 11.7 Å². The Labute approximate surface area is 215 Å². The summed E-state index contributed by atoms with van der Waals surface area (Å²) in [7, 11) is 1.30. The van der Waals surface area contributed by atoms with Gasteiger partial charge in [0.2, 0.25) is 5.78 Å². The van der Waals surface area contributed by atoms with E-state index in [1.807, 2.05) is 6.92 Å². The van der Waals surface area contributed by atoms with Gasteiger partial charge >= 0.3 is 5.97 Å². The summed E-state index contributed by atoms with van der Waals surface area (Å²) in [6.07, 6.45) is 0.688. The molecule has 0 radical (unpaired) electrons. The number of methoxy groups -OCH3 is 1. The third kappa shape index (κ3) is 4.84. The number of hydrogen-bond donors (Lipinski definition) is 1. The van der Waals surface area contributed by atoms with Crippen LogP contribution >= 0.6 is 0 Å². The highest BCUT2D eigenvalue weighted by molar-refractivity contribution is 6.46. The lowest BCUT2D eigenvalue weighted by Gasteiger charge is -2.30. The molecule has 2 fully saturated rings. The van der Waals surface area contributed by atoms with Crippen molar-refractivity contribution in [1.29, 1.82) is 0 Å². The van der Waals surface area contributed by atoms with Crippen molar-refractivity contribution in [2.45, 2.75) is 25.5 Å². The summed E-state index contributed by atoms with van der Waals surface area (Å²) in [5.74, 6) is -1.70. The van der Waals surface area contributed by atoms with Crippen LogP contribution in [-0.2, 0) is 25.5 Å². The second-order valence-electron chi connectivity index (χ2n) is 9.65. The highest BCUT2D eigenvalue weighted by atomic mass is 16.5. The van der Waals surface area contributed by atoms with Crippen molar-refractivity contribution in [3.63, 3.8) is 0 Å². The van der Waals surface area contributed by atoms with Crippen molar-refractivity contribution in [3.8, 4) is 5.75 Å². The molecule has 3 aliphatic heterocycles. The Morgan fingerprint density at radius 1 is 1.11 bits per heavy atom. The summed E-state index contributed by atoms with van der Waals surface area (Å²) < 4.78 is 16.0. The van der Waals surface area contributed by atoms with E-state index >= 15 is 0 Å². The molecule has 0 aromatic heterocycles. The van der Waals surface area contributed by atoms with Crippen molar-refractivity contribution in [2.75, 3.05) is 46.5 Å². The van der Waals surface area contributed by atoms with Crippen LogP contribution in [0.15, 0.2) is 48.0 Å². The van der Waals surface area contributed by atoms with Crippen molar-refractivity contribution in [2.24, 2.45) is 0 Å². The first-order valence-corrected chi connectivity index (χ1v) is 12.5. The molecule has 2 atom stereocenters. The van der Waals surface area contributed by atoms with E-state index in [0.29, 0.717) is 49.4 Å². The average Bonchev–Trinajstić information content (AvgIpc) is 3.42. The van der Waals surface area contributed by atoms with E-state index in [4.69, 9.17) is 14.2 Å². The molecule has 1 amide bonds. The number of benzene rings is 2. The van der Waals surface area contributed by atoms with E-state index in [2.05, 4.69) is 0 Å². The SMILES string of the molecule is COC(=O)c1ccc(C2C(=C([O-])c3ccc4c(c3)CC(C)O4)C(=O)C(=O)N2CC[NH+]2CCOCC2)cc1. The quantitative estimate of drug-likeness (QED) is 0.253. The Kier molecular flexibility index (Phi) is 6.99. The maximum absolute atomic E-state index is 13.8. The molecule has 3 aliphatic rings. The van der Waals surface area contributed by atoms with E-state index in [1.165, 1.54) is 16.9 Å². The van der Waals surface area contributed by atoms with E-state index in [9.17, 15) is 19.5 Å². The molecule has 2 unspecified atom stereocenters. The van der Waals surface area contributed by atoms with Crippen LogP contribution in [0.3, 0.4) is 0 Å². The number of hydrogen-bond acceptors (Lipinski definition) is 7. The Balaban J connectivity index is 1.53. The molecule has 2 saturated heterocycles. The van der Waals surface area contributed by atoms with Gasteiger partial charge in [0.1, 0.15) is 24.9 Å². The molecule has 2 aromatic rings. The van der Waals surface area contributed by atoms with Crippen molar-refractivity contribution in [1.82, 2.24) is 4.90 Å². The van der Waals surface area contributed by atoms with Crippen molar-refractivity contribution < 1.29 is 38.6 Å². The lowest BCUT2D eigenvalue weighted by atomic mass is 9.94. The maximum Gasteiger partial charge on any atom is 0.337 e. The minimum Gasteiger partial charge on any atom is -0.872 e. The summed E-state index contributed by atoms with van der Waals surface area (Å²) in [5.41, 5.74) is 2.11. The second-order valence-corrected chi connectivity index (χ2v) is 9.65. The minimum atomic E-state index is -0.844. The molecule has 9 nitrogen and oxygen atoms in total. The first kappa shape index (κ1) is 25.0. The van der Waals surface area contributed by atoms with Gasteiger partial charge in [0, 0.05) is 12.0 Å². The minimum absolute atomic E-state index is 0.0157. The van der Waals surface area contributed by atoms with Crippen LogP contribution in [0, 0.1) is 0 Å². The highest BCUT2D eigenvalue weighted by Crippen LogP contribution is 2.39. The van der Waals surface area contributed by atoms with Gasteiger partial charge in [-0.25, -0.2) is 4.79 Å². The highest BCUT2D eigenvalue weighted by Gasteiger charge is 2.44. The van der Waals surface area contributed by atoms with Crippen LogP contribution in [0.25, 0.3) is 5.76 Å². The zero-order valence-corrected chi connectivity index (χ0v) is 21.0. The molecule has 0 bridgehead atoms. The first-order chi connectivity index (χ1) is 17.9. The summed E-state index contributed by atoms with van der Waals surface area (Å²) >= 11 is 0. The van der Waals surface area contributed by atoms with Gasteiger partial charge in [0.15, 0.2) is 0 Å². The molecule has 0 saturated carbocycles. The Hall–Kier alpha value is -3.69. The van der Waals surface area contributed by atoms with Gasteiger partial charge in [0.05, 0.1) is 45.0 Å². The molecule has 0 spiro atoms. The second kappa shape index (κ2) is 10.4. The number of likely N-dealkylation sites (tertiary alicyclic amines) is 1. The Morgan fingerprint density at radius 3 is 2.51 bits per heavy atom. The van der Waals surface area contributed by atoms with Crippen LogP contribution in [0.1, 0.15) is 40.0 Å². The lowest BCUT2D eigenvalue weighted by molar-refractivity contribution is -0.907. The molecule has 37 heavy (non-hydrogen) atoms. The van der Waals surface area contributed by atoms with Crippen LogP contribution < -0.4 is 14.7 Å². The molecule has 0 aliphatic carbocycles. The number of nitrogens with one attached hydrogen (secondary N) is 1. The smallest absolute Gasteiger partial charge is 0.337 e. The number of rotatable bonds is 6. The normalized spacial score (nSPS) is 23.1. The number of esters is 1. The molecule has 194 valence electrons. The number of nitrogens with zero attached hydrogens (tertiary/aromatic N) is 1. The fraction of sp³-hybridized carbons (Fsp3) is 0.393. The van der Waals surface area contributed by atoms with Crippen LogP contribution in [0.5, 0.6) is 5.75 Å². The van der Waals surface area contributed by atoms with Gasteiger partial charge in [0.25, 0.3) is 5.91 Å². The maximum atomic E-state index is 13.8. The molecular formula is C28H30N2O7. The number of carbonyl (C=O) groups is 3.